The van der Waals surface area contributed by atoms with E-state index in [1.807, 2.05) is 30.3 Å². The van der Waals surface area contributed by atoms with E-state index >= 15 is 0 Å². The van der Waals surface area contributed by atoms with Crippen molar-refractivity contribution in [2.75, 3.05) is 10.6 Å². The summed E-state index contributed by atoms with van der Waals surface area (Å²) in [5, 5.41) is 6.68. The summed E-state index contributed by atoms with van der Waals surface area (Å²) in [4.78, 5) is 11.2. The number of carbonyl (C=O) groups is 1. The SMILES string of the molecule is CC(=O)Nc1ccc(Cl)cc1NCc1ccccc1. The van der Waals surface area contributed by atoms with E-state index in [2.05, 4.69) is 10.6 Å². The van der Waals surface area contributed by atoms with Crippen LogP contribution in [0.4, 0.5) is 11.4 Å². The van der Waals surface area contributed by atoms with Gasteiger partial charge >= 0.3 is 0 Å². The molecule has 0 fully saturated rings. The number of carbonyl (C=O) groups excluding carboxylic acids is 1. The van der Waals surface area contributed by atoms with Crippen LogP contribution in [0.3, 0.4) is 0 Å². The zero-order chi connectivity index (χ0) is 13.7. The molecule has 0 aliphatic heterocycles. The van der Waals surface area contributed by atoms with Crippen molar-refractivity contribution in [2.24, 2.45) is 0 Å². The van der Waals surface area contributed by atoms with Gasteiger partial charge in [-0.15, -0.1) is 0 Å². The van der Waals surface area contributed by atoms with E-state index in [1.165, 1.54) is 6.92 Å². The Bertz CT molecular complexity index is 570. The van der Waals surface area contributed by atoms with Gasteiger partial charge in [0.25, 0.3) is 0 Å². The van der Waals surface area contributed by atoms with E-state index in [0.29, 0.717) is 11.6 Å². The topological polar surface area (TPSA) is 41.1 Å². The molecule has 0 bridgehead atoms. The van der Waals surface area contributed by atoms with Crippen LogP contribution in [0.2, 0.25) is 5.02 Å². The number of benzene rings is 2. The third-order valence-corrected chi connectivity index (χ3v) is 2.85. The number of amides is 1. The molecule has 98 valence electrons. The lowest BCUT2D eigenvalue weighted by atomic mass is 10.2. The summed E-state index contributed by atoms with van der Waals surface area (Å²) >= 11 is 5.98. The smallest absolute Gasteiger partial charge is 0.221 e. The van der Waals surface area contributed by atoms with E-state index < -0.39 is 0 Å². The van der Waals surface area contributed by atoms with E-state index in [4.69, 9.17) is 11.6 Å². The molecule has 0 unspecified atom stereocenters. The molecule has 2 aromatic rings. The largest absolute Gasteiger partial charge is 0.379 e. The molecular weight excluding hydrogens is 260 g/mol. The van der Waals surface area contributed by atoms with Gasteiger partial charge in [0.05, 0.1) is 11.4 Å². The van der Waals surface area contributed by atoms with Crippen LogP contribution in [0, 0.1) is 0 Å². The third-order valence-electron chi connectivity index (χ3n) is 2.62. The quantitative estimate of drug-likeness (QED) is 0.887. The molecule has 1 amide bonds. The van der Waals surface area contributed by atoms with Crippen molar-refractivity contribution in [1.29, 1.82) is 0 Å². The Morgan fingerprint density at radius 2 is 1.84 bits per heavy atom. The van der Waals surface area contributed by atoms with Crippen LogP contribution in [0.1, 0.15) is 12.5 Å². The molecule has 3 nitrogen and oxygen atoms in total. The molecule has 4 heteroatoms. The van der Waals surface area contributed by atoms with Crippen molar-refractivity contribution in [1.82, 2.24) is 0 Å². The van der Waals surface area contributed by atoms with Gasteiger partial charge in [-0.3, -0.25) is 4.79 Å². The highest BCUT2D eigenvalue weighted by Crippen LogP contribution is 2.26. The summed E-state index contributed by atoms with van der Waals surface area (Å²) in [5.74, 6) is -0.106. The number of rotatable bonds is 4. The van der Waals surface area contributed by atoms with Crippen LogP contribution in [-0.4, -0.2) is 5.91 Å². The molecule has 0 aliphatic carbocycles. The molecule has 19 heavy (non-hydrogen) atoms. The lowest BCUT2D eigenvalue weighted by Crippen LogP contribution is -2.09. The number of hydrogen-bond acceptors (Lipinski definition) is 2. The predicted octanol–water partition coefficient (Wildman–Crippen LogP) is 3.91. The molecule has 0 radical (unpaired) electrons. The van der Waals surface area contributed by atoms with Gasteiger partial charge in [-0.2, -0.15) is 0 Å². The van der Waals surface area contributed by atoms with E-state index in [-0.39, 0.29) is 5.91 Å². The van der Waals surface area contributed by atoms with Crippen molar-refractivity contribution in [3.63, 3.8) is 0 Å². The summed E-state index contributed by atoms with van der Waals surface area (Å²) in [6.45, 7) is 2.16. The van der Waals surface area contributed by atoms with Crippen LogP contribution in [-0.2, 0) is 11.3 Å². The number of hydrogen-bond donors (Lipinski definition) is 2. The Kier molecular flexibility index (Phi) is 4.42. The summed E-state index contributed by atoms with van der Waals surface area (Å²) in [5.41, 5.74) is 2.70. The highest BCUT2D eigenvalue weighted by molar-refractivity contribution is 6.31. The van der Waals surface area contributed by atoms with Gasteiger partial charge < -0.3 is 10.6 Å². The number of anilines is 2. The Hall–Kier alpha value is -2.00. The third kappa shape index (κ3) is 4.00. The van der Waals surface area contributed by atoms with Gasteiger partial charge in [-0.25, -0.2) is 0 Å². The molecule has 0 saturated heterocycles. The second-order valence-corrected chi connectivity index (χ2v) is 4.65. The Labute approximate surface area is 117 Å². The fourth-order valence-corrected chi connectivity index (χ4v) is 1.93. The maximum atomic E-state index is 11.2. The minimum absolute atomic E-state index is 0.106. The zero-order valence-corrected chi connectivity index (χ0v) is 11.4. The van der Waals surface area contributed by atoms with Gasteiger partial charge in [-0.1, -0.05) is 41.9 Å². The molecule has 0 aliphatic rings. The standard InChI is InChI=1S/C15H15ClN2O/c1-11(19)18-14-8-7-13(16)9-15(14)17-10-12-5-3-2-4-6-12/h2-9,17H,10H2,1H3,(H,18,19). The summed E-state index contributed by atoms with van der Waals surface area (Å²) in [6.07, 6.45) is 0. The molecule has 2 rings (SSSR count). The van der Waals surface area contributed by atoms with Crippen molar-refractivity contribution in [3.8, 4) is 0 Å². The summed E-state index contributed by atoms with van der Waals surface area (Å²) < 4.78 is 0. The fraction of sp³-hybridized carbons (Fsp3) is 0.133. The number of halogens is 1. The highest BCUT2D eigenvalue weighted by Gasteiger charge is 2.04. The fourth-order valence-electron chi connectivity index (χ4n) is 1.75. The minimum atomic E-state index is -0.106. The Balaban J connectivity index is 2.14. The average Bonchev–Trinajstić information content (AvgIpc) is 2.40. The molecule has 0 atom stereocenters. The van der Waals surface area contributed by atoms with Crippen molar-refractivity contribution in [3.05, 3.63) is 59.1 Å². The molecule has 0 heterocycles. The van der Waals surface area contributed by atoms with Crippen molar-refractivity contribution in [2.45, 2.75) is 13.5 Å². The van der Waals surface area contributed by atoms with E-state index in [1.54, 1.807) is 18.2 Å². The van der Waals surface area contributed by atoms with Gasteiger partial charge in [0.1, 0.15) is 0 Å². The first kappa shape index (κ1) is 13.4. The molecule has 0 aromatic heterocycles. The van der Waals surface area contributed by atoms with Crippen LogP contribution >= 0.6 is 11.6 Å². The van der Waals surface area contributed by atoms with Gasteiger partial charge in [0.15, 0.2) is 0 Å². The second kappa shape index (κ2) is 6.25. The van der Waals surface area contributed by atoms with Gasteiger partial charge in [-0.05, 0) is 23.8 Å². The maximum Gasteiger partial charge on any atom is 0.221 e. The van der Waals surface area contributed by atoms with Crippen molar-refractivity contribution >= 4 is 28.9 Å². The van der Waals surface area contributed by atoms with E-state index in [0.717, 1.165) is 16.9 Å². The first-order valence-electron chi connectivity index (χ1n) is 6.00. The van der Waals surface area contributed by atoms with Crippen molar-refractivity contribution < 1.29 is 4.79 Å². The summed E-state index contributed by atoms with van der Waals surface area (Å²) in [6, 6.07) is 15.4. The molecular formula is C15H15ClN2O. The predicted molar refractivity (Wildman–Crippen MR) is 79.5 cm³/mol. The van der Waals surface area contributed by atoms with Crippen LogP contribution < -0.4 is 10.6 Å². The number of nitrogens with one attached hydrogen (secondary N) is 2. The van der Waals surface area contributed by atoms with Crippen LogP contribution in [0.25, 0.3) is 0 Å². The molecule has 2 N–H and O–H groups in total. The average molecular weight is 275 g/mol. The second-order valence-electron chi connectivity index (χ2n) is 4.21. The first-order valence-corrected chi connectivity index (χ1v) is 6.38. The Morgan fingerprint density at radius 3 is 2.53 bits per heavy atom. The lowest BCUT2D eigenvalue weighted by Gasteiger charge is -2.13. The molecule has 2 aromatic carbocycles. The van der Waals surface area contributed by atoms with Crippen LogP contribution in [0.5, 0.6) is 0 Å². The monoisotopic (exact) mass is 274 g/mol. The van der Waals surface area contributed by atoms with Crippen LogP contribution in [0.15, 0.2) is 48.5 Å². The minimum Gasteiger partial charge on any atom is -0.379 e. The summed E-state index contributed by atoms with van der Waals surface area (Å²) in [7, 11) is 0. The highest BCUT2D eigenvalue weighted by atomic mass is 35.5. The lowest BCUT2D eigenvalue weighted by molar-refractivity contribution is -0.114. The van der Waals surface area contributed by atoms with E-state index in [9.17, 15) is 4.79 Å². The zero-order valence-electron chi connectivity index (χ0n) is 10.6. The van der Waals surface area contributed by atoms with Gasteiger partial charge in [0, 0.05) is 18.5 Å². The van der Waals surface area contributed by atoms with Gasteiger partial charge in [0.2, 0.25) is 5.91 Å². The normalized spacial score (nSPS) is 10.0. The molecule has 0 saturated carbocycles. The maximum absolute atomic E-state index is 11.2. The Morgan fingerprint density at radius 1 is 1.11 bits per heavy atom. The first-order chi connectivity index (χ1) is 9.15. The molecule has 0 spiro atoms.